The van der Waals surface area contributed by atoms with Gasteiger partial charge in [0.15, 0.2) is 35.4 Å². The van der Waals surface area contributed by atoms with E-state index < -0.39 is 132 Å². The third-order valence-electron chi connectivity index (χ3n) is 13.6. The molecule has 5 heterocycles. The van der Waals surface area contributed by atoms with Gasteiger partial charge in [0.05, 0.1) is 43.7 Å². The normalized spacial score (nSPS) is 34.0. The standard InChI is InChI=1S/C47H56O20/c1-7-8-20-11-19-12-21-31(39(53)30(19)47(57)63-20)33-34(42(56)37(21)51)45(59-6)46-35(41(33)55)40(54)32-24(65-46)9-10-25(38(32)52)64-27-13-22(48)43(17(3)61-27)66-28-14-23(49)44(18(4)62-28)67-29-15-26(58-5)36(50)16(2)60-29/h9-10,12,16-18,20,22-23,26-29,36-37,42-44,48-53,55-56H,7-8,11,13-15H2,1-6H3/t16-,17-,18-,20?,22-,23-,26-,27+,28+,29+,36-,37?,42?,43-,44-/m1/s1. The predicted octanol–water partition coefficient (Wildman–Crippen LogP) is 3.35. The molecule has 1 aromatic heterocycles. The third kappa shape index (κ3) is 8.04. The van der Waals surface area contributed by atoms with Crippen LogP contribution in [0.1, 0.15) is 99.1 Å². The first kappa shape index (κ1) is 47.2. The molecule has 364 valence electrons. The van der Waals surface area contributed by atoms with Gasteiger partial charge in [0.1, 0.15) is 70.0 Å². The SMILES string of the molecule is CCCC1Cc2cc3c(c(O)c2C(=O)O1)-c1c(c(OC)c2oc4ccc(O[C@H]5C[C@@H](O)[C@H](O[C@H]6C[C@@H](O)[C@H](O[C@H]7C[C@@H](OC)[C@H](O)[C@@H](C)O7)[C@@H](C)O6)[C@@H](C)O5)c(O)c4c(=O)c2c1O)C(O)C3O. The second-order valence-electron chi connectivity index (χ2n) is 18.0. The molecule has 0 amide bonds. The summed E-state index contributed by atoms with van der Waals surface area (Å²) < 4.78 is 58.8. The number of fused-ring (bicyclic) bond motifs is 6. The minimum atomic E-state index is -1.76. The van der Waals surface area contributed by atoms with Crippen LogP contribution in [0.3, 0.4) is 0 Å². The molecule has 20 heteroatoms. The molecule has 0 radical (unpaired) electrons. The number of hydrogen-bond acceptors (Lipinski definition) is 20. The highest BCUT2D eigenvalue weighted by Crippen LogP contribution is 2.58. The zero-order valence-electron chi connectivity index (χ0n) is 37.6. The maximum Gasteiger partial charge on any atom is 0.342 e. The molecular formula is C47H56O20. The van der Waals surface area contributed by atoms with E-state index in [0.717, 1.165) is 6.42 Å². The molecule has 3 saturated heterocycles. The first-order valence-electron chi connectivity index (χ1n) is 22.5. The quantitative estimate of drug-likeness (QED) is 0.0835. The zero-order valence-corrected chi connectivity index (χ0v) is 37.6. The van der Waals surface area contributed by atoms with E-state index >= 15 is 0 Å². The van der Waals surface area contributed by atoms with Gasteiger partial charge in [0, 0.05) is 49.5 Å². The zero-order chi connectivity index (χ0) is 47.9. The summed E-state index contributed by atoms with van der Waals surface area (Å²) in [6, 6.07) is 4.09. The van der Waals surface area contributed by atoms with Crippen LogP contribution in [0.4, 0.5) is 0 Å². The number of aliphatic hydroxyl groups is 5. The summed E-state index contributed by atoms with van der Waals surface area (Å²) in [6.45, 7) is 6.97. The lowest BCUT2D eigenvalue weighted by Crippen LogP contribution is -2.56. The number of benzene rings is 3. The van der Waals surface area contributed by atoms with E-state index in [4.69, 9.17) is 47.0 Å². The molecule has 15 atom stereocenters. The Morgan fingerprint density at radius 3 is 2.01 bits per heavy atom. The average Bonchev–Trinajstić information content (AvgIpc) is 3.27. The Hall–Kier alpha value is -4.84. The van der Waals surface area contributed by atoms with Crippen LogP contribution in [0.5, 0.6) is 28.7 Å². The van der Waals surface area contributed by atoms with Gasteiger partial charge < -0.3 is 87.9 Å². The molecule has 4 aliphatic heterocycles. The predicted molar refractivity (Wildman–Crippen MR) is 231 cm³/mol. The van der Waals surface area contributed by atoms with Crippen LogP contribution < -0.4 is 14.9 Å². The molecule has 0 bridgehead atoms. The summed E-state index contributed by atoms with van der Waals surface area (Å²) in [5.74, 6) is -3.48. The largest absolute Gasteiger partial charge is 0.506 e. The average molecular weight is 941 g/mol. The highest BCUT2D eigenvalue weighted by atomic mass is 16.7. The van der Waals surface area contributed by atoms with Gasteiger partial charge in [0.2, 0.25) is 11.7 Å². The molecule has 67 heavy (non-hydrogen) atoms. The topological polar surface area (TPSA) is 292 Å². The maximum atomic E-state index is 14.5. The van der Waals surface area contributed by atoms with Gasteiger partial charge in [-0.25, -0.2) is 4.79 Å². The molecule has 20 nitrogen and oxygen atoms in total. The Balaban J connectivity index is 0.960. The van der Waals surface area contributed by atoms with Crippen molar-refractivity contribution >= 4 is 27.9 Å². The number of carbonyl (C=O) groups excluding carboxylic acids is 1. The van der Waals surface area contributed by atoms with Gasteiger partial charge in [-0.1, -0.05) is 19.4 Å². The van der Waals surface area contributed by atoms with Gasteiger partial charge in [-0.2, -0.15) is 0 Å². The van der Waals surface area contributed by atoms with E-state index in [9.17, 15) is 50.4 Å². The number of phenolic OH excluding ortho intramolecular Hbond substituents is 3. The molecule has 3 fully saturated rings. The van der Waals surface area contributed by atoms with Crippen LogP contribution in [0.15, 0.2) is 27.4 Å². The minimum Gasteiger partial charge on any atom is -0.506 e. The Kier molecular flexibility index (Phi) is 12.9. The Morgan fingerprint density at radius 1 is 0.731 bits per heavy atom. The van der Waals surface area contributed by atoms with E-state index in [1.54, 1.807) is 20.8 Å². The molecular weight excluding hydrogens is 884 g/mol. The van der Waals surface area contributed by atoms with Crippen LogP contribution in [-0.2, 0) is 39.6 Å². The van der Waals surface area contributed by atoms with Crippen LogP contribution in [0.25, 0.3) is 33.1 Å². The Labute approximate surface area is 383 Å². The van der Waals surface area contributed by atoms with E-state index in [0.29, 0.717) is 12.0 Å². The number of hydrogen-bond donors (Lipinski definition) is 8. The number of aliphatic hydroxyl groups excluding tert-OH is 5. The fourth-order valence-electron chi connectivity index (χ4n) is 10.3. The first-order valence-corrected chi connectivity index (χ1v) is 22.5. The summed E-state index contributed by atoms with van der Waals surface area (Å²) in [4.78, 5) is 27.8. The molecule has 9 rings (SSSR count). The summed E-state index contributed by atoms with van der Waals surface area (Å²) in [5, 5.41) is 90.2. The van der Waals surface area contributed by atoms with Crippen molar-refractivity contribution in [2.75, 3.05) is 14.2 Å². The molecule has 4 aromatic rings. The lowest BCUT2D eigenvalue weighted by atomic mass is 9.77. The number of esters is 1. The van der Waals surface area contributed by atoms with E-state index in [1.807, 2.05) is 6.92 Å². The van der Waals surface area contributed by atoms with Crippen molar-refractivity contribution < 1.29 is 92.7 Å². The van der Waals surface area contributed by atoms with Crippen LogP contribution >= 0.6 is 0 Å². The van der Waals surface area contributed by atoms with Gasteiger partial charge in [-0.3, -0.25) is 4.79 Å². The van der Waals surface area contributed by atoms with Crippen molar-refractivity contribution in [3.63, 3.8) is 0 Å². The second kappa shape index (κ2) is 18.2. The third-order valence-corrected chi connectivity index (χ3v) is 13.6. The molecule has 8 N–H and O–H groups in total. The summed E-state index contributed by atoms with van der Waals surface area (Å²) in [7, 11) is 2.70. The van der Waals surface area contributed by atoms with Crippen molar-refractivity contribution in [1.82, 2.24) is 0 Å². The molecule has 3 aromatic carbocycles. The lowest BCUT2D eigenvalue weighted by Gasteiger charge is -2.44. The fraction of sp³-hybridized carbons (Fsp3) is 0.574. The number of methoxy groups -OCH3 is 2. The van der Waals surface area contributed by atoms with Crippen molar-refractivity contribution in [3.05, 3.63) is 50.7 Å². The summed E-state index contributed by atoms with van der Waals surface area (Å²) in [5.41, 5.74) is -2.11. The number of rotatable bonds is 10. The van der Waals surface area contributed by atoms with E-state index in [2.05, 4.69) is 0 Å². The first-order chi connectivity index (χ1) is 31.9. The second-order valence-corrected chi connectivity index (χ2v) is 18.0. The van der Waals surface area contributed by atoms with E-state index in [-0.39, 0.29) is 76.2 Å². The van der Waals surface area contributed by atoms with Crippen molar-refractivity contribution in [2.45, 2.75) is 158 Å². The number of phenols is 3. The van der Waals surface area contributed by atoms with E-state index in [1.165, 1.54) is 32.4 Å². The highest BCUT2D eigenvalue weighted by molar-refractivity contribution is 6.07. The maximum absolute atomic E-state index is 14.5. The molecule has 0 spiro atoms. The minimum absolute atomic E-state index is 0.0116. The number of aromatic hydroxyl groups is 3. The lowest BCUT2D eigenvalue weighted by molar-refractivity contribution is -0.331. The number of carbonyl (C=O) groups is 1. The van der Waals surface area contributed by atoms with Gasteiger partial charge >= 0.3 is 5.97 Å². The summed E-state index contributed by atoms with van der Waals surface area (Å²) >= 11 is 0. The molecule has 3 unspecified atom stereocenters. The van der Waals surface area contributed by atoms with Gasteiger partial charge in [-0.15, -0.1) is 0 Å². The summed E-state index contributed by atoms with van der Waals surface area (Å²) in [6.07, 6.45) is -12.6. The number of cyclic esters (lactones) is 1. The molecule has 0 saturated carbocycles. The van der Waals surface area contributed by atoms with Crippen LogP contribution in [0.2, 0.25) is 0 Å². The van der Waals surface area contributed by atoms with Crippen molar-refractivity contribution in [3.8, 4) is 39.9 Å². The fourth-order valence-corrected chi connectivity index (χ4v) is 10.3. The van der Waals surface area contributed by atoms with Gasteiger partial charge in [-0.05, 0) is 50.5 Å². The molecule has 1 aliphatic carbocycles. The highest BCUT2D eigenvalue weighted by Gasteiger charge is 2.47. The monoisotopic (exact) mass is 940 g/mol. The van der Waals surface area contributed by atoms with Crippen LogP contribution in [0, 0.1) is 0 Å². The van der Waals surface area contributed by atoms with Crippen molar-refractivity contribution in [1.29, 1.82) is 0 Å². The molecule has 5 aliphatic rings. The van der Waals surface area contributed by atoms with Gasteiger partial charge in [0.25, 0.3) is 0 Å². The Bertz CT molecular complexity index is 2590. The number of ether oxygens (including phenoxy) is 9. The Morgan fingerprint density at radius 2 is 1.37 bits per heavy atom. The smallest absolute Gasteiger partial charge is 0.342 e. The van der Waals surface area contributed by atoms with Crippen LogP contribution in [-0.4, -0.2) is 141 Å². The van der Waals surface area contributed by atoms with Crippen molar-refractivity contribution in [2.24, 2.45) is 0 Å².